The van der Waals surface area contributed by atoms with Crippen molar-refractivity contribution >= 4 is 0 Å². The number of hydrogen-bond acceptors (Lipinski definition) is 7. The van der Waals surface area contributed by atoms with Gasteiger partial charge in [-0.2, -0.15) is 4.98 Å². The van der Waals surface area contributed by atoms with Crippen LogP contribution in [0.15, 0.2) is 16.7 Å². The zero-order valence-electron chi connectivity index (χ0n) is 15.2. The summed E-state index contributed by atoms with van der Waals surface area (Å²) in [5.74, 6) is 4.00. The number of ether oxygens (including phenoxy) is 3. The van der Waals surface area contributed by atoms with Crippen LogP contribution in [0, 0.1) is 5.92 Å². The van der Waals surface area contributed by atoms with Crippen LogP contribution in [0.5, 0.6) is 17.2 Å². The molecule has 0 fully saturated rings. The first kappa shape index (κ1) is 17.5. The van der Waals surface area contributed by atoms with E-state index in [1.165, 1.54) is 0 Å². The van der Waals surface area contributed by atoms with Gasteiger partial charge in [0.1, 0.15) is 0 Å². The Bertz CT molecular complexity index is 714. The molecule has 7 heteroatoms. The van der Waals surface area contributed by atoms with Crippen molar-refractivity contribution in [2.75, 3.05) is 20.4 Å². The Morgan fingerprint density at radius 3 is 2.80 bits per heavy atom. The standard InChI is InChI=1S/C18H25N3O4/c1-5-21(10-16-19-17(25-20-16)6-12(2)3)9-13-7-14(22-4)18-15(8-13)23-11-24-18/h7-8,12H,5-6,9-11H2,1-4H3. The van der Waals surface area contributed by atoms with Crippen LogP contribution in [0.4, 0.5) is 0 Å². The van der Waals surface area contributed by atoms with Crippen LogP contribution in [0.2, 0.25) is 0 Å². The normalized spacial score (nSPS) is 13.0. The quantitative estimate of drug-likeness (QED) is 0.727. The van der Waals surface area contributed by atoms with Gasteiger partial charge in [-0.3, -0.25) is 4.90 Å². The van der Waals surface area contributed by atoms with Crippen molar-refractivity contribution in [3.05, 3.63) is 29.4 Å². The Morgan fingerprint density at radius 1 is 1.24 bits per heavy atom. The molecule has 0 bridgehead atoms. The van der Waals surface area contributed by atoms with Crippen molar-refractivity contribution in [3.8, 4) is 17.2 Å². The number of benzene rings is 1. The smallest absolute Gasteiger partial charge is 0.231 e. The molecule has 0 unspecified atom stereocenters. The van der Waals surface area contributed by atoms with Gasteiger partial charge in [-0.05, 0) is 30.2 Å². The molecule has 2 heterocycles. The molecular weight excluding hydrogens is 322 g/mol. The Labute approximate surface area is 147 Å². The Morgan fingerprint density at radius 2 is 2.08 bits per heavy atom. The minimum Gasteiger partial charge on any atom is -0.493 e. The fraction of sp³-hybridized carbons (Fsp3) is 0.556. The van der Waals surface area contributed by atoms with E-state index < -0.39 is 0 Å². The highest BCUT2D eigenvalue weighted by Gasteiger charge is 2.21. The van der Waals surface area contributed by atoms with E-state index in [0.29, 0.717) is 35.7 Å². The van der Waals surface area contributed by atoms with Gasteiger partial charge < -0.3 is 18.7 Å². The maximum atomic E-state index is 5.49. The zero-order valence-corrected chi connectivity index (χ0v) is 15.2. The molecule has 0 radical (unpaired) electrons. The third-order valence-corrected chi connectivity index (χ3v) is 4.03. The number of nitrogens with zero attached hydrogens (tertiary/aromatic N) is 3. The second-order valence-electron chi connectivity index (χ2n) is 6.54. The summed E-state index contributed by atoms with van der Waals surface area (Å²) in [6, 6.07) is 3.98. The number of hydrogen-bond donors (Lipinski definition) is 0. The Balaban J connectivity index is 1.69. The molecule has 0 saturated heterocycles. The van der Waals surface area contributed by atoms with Crippen molar-refractivity contribution in [2.24, 2.45) is 5.92 Å². The minimum atomic E-state index is 0.230. The van der Waals surface area contributed by atoms with Crippen molar-refractivity contribution in [3.63, 3.8) is 0 Å². The molecule has 1 aromatic heterocycles. The predicted molar refractivity (Wildman–Crippen MR) is 91.7 cm³/mol. The van der Waals surface area contributed by atoms with Crippen LogP contribution in [0.3, 0.4) is 0 Å². The molecule has 1 aliphatic rings. The second kappa shape index (κ2) is 7.74. The van der Waals surface area contributed by atoms with Gasteiger partial charge in [-0.15, -0.1) is 0 Å². The average molecular weight is 347 g/mol. The lowest BCUT2D eigenvalue weighted by molar-refractivity contribution is 0.171. The highest BCUT2D eigenvalue weighted by molar-refractivity contribution is 5.55. The lowest BCUT2D eigenvalue weighted by Gasteiger charge is -2.19. The van der Waals surface area contributed by atoms with E-state index in [-0.39, 0.29) is 6.79 Å². The third kappa shape index (κ3) is 4.22. The minimum absolute atomic E-state index is 0.230. The van der Waals surface area contributed by atoms with Crippen LogP contribution >= 0.6 is 0 Å². The van der Waals surface area contributed by atoms with E-state index in [9.17, 15) is 0 Å². The van der Waals surface area contributed by atoms with E-state index in [1.807, 2.05) is 12.1 Å². The largest absolute Gasteiger partial charge is 0.493 e. The number of fused-ring (bicyclic) bond motifs is 1. The maximum absolute atomic E-state index is 5.49. The van der Waals surface area contributed by atoms with Crippen LogP contribution in [0.25, 0.3) is 0 Å². The molecule has 0 saturated carbocycles. The Kier molecular flexibility index (Phi) is 5.43. The molecule has 3 rings (SSSR count). The molecular formula is C18H25N3O4. The summed E-state index contributed by atoms with van der Waals surface area (Å²) in [7, 11) is 1.63. The first-order valence-corrected chi connectivity index (χ1v) is 8.59. The molecule has 1 aromatic carbocycles. The highest BCUT2D eigenvalue weighted by atomic mass is 16.7. The van der Waals surface area contributed by atoms with Crippen LogP contribution in [-0.4, -0.2) is 35.5 Å². The monoisotopic (exact) mass is 347 g/mol. The summed E-state index contributed by atoms with van der Waals surface area (Å²) >= 11 is 0. The number of aromatic nitrogens is 2. The van der Waals surface area contributed by atoms with Crippen LogP contribution in [-0.2, 0) is 19.5 Å². The highest BCUT2D eigenvalue weighted by Crippen LogP contribution is 2.42. The van der Waals surface area contributed by atoms with Crippen molar-refractivity contribution in [2.45, 2.75) is 40.3 Å². The molecule has 0 atom stereocenters. The van der Waals surface area contributed by atoms with Gasteiger partial charge in [0.15, 0.2) is 17.3 Å². The summed E-state index contributed by atoms with van der Waals surface area (Å²) < 4.78 is 21.7. The predicted octanol–water partition coefficient (Wildman–Crippen LogP) is 3.03. The summed E-state index contributed by atoms with van der Waals surface area (Å²) in [5, 5.41) is 4.09. The van der Waals surface area contributed by atoms with Gasteiger partial charge in [0.2, 0.25) is 18.4 Å². The van der Waals surface area contributed by atoms with E-state index >= 15 is 0 Å². The first-order valence-electron chi connectivity index (χ1n) is 8.59. The van der Waals surface area contributed by atoms with E-state index in [2.05, 4.69) is 35.8 Å². The average Bonchev–Trinajstić information content (AvgIpc) is 3.22. The summed E-state index contributed by atoms with van der Waals surface area (Å²) in [6.07, 6.45) is 0.804. The van der Waals surface area contributed by atoms with Crippen molar-refractivity contribution in [1.29, 1.82) is 0 Å². The SMILES string of the molecule is CCN(Cc1cc(OC)c2c(c1)OCO2)Cc1noc(CC(C)C)n1. The van der Waals surface area contributed by atoms with Crippen molar-refractivity contribution in [1.82, 2.24) is 15.0 Å². The lowest BCUT2D eigenvalue weighted by atomic mass is 10.1. The third-order valence-electron chi connectivity index (χ3n) is 4.03. The molecule has 1 aliphatic heterocycles. The van der Waals surface area contributed by atoms with Gasteiger partial charge >= 0.3 is 0 Å². The number of rotatable bonds is 8. The van der Waals surface area contributed by atoms with Crippen molar-refractivity contribution < 1.29 is 18.7 Å². The molecule has 136 valence electrons. The molecule has 2 aromatic rings. The van der Waals surface area contributed by atoms with Gasteiger partial charge in [0.25, 0.3) is 0 Å². The second-order valence-corrected chi connectivity index (χ2v) is 6.54. The Hall–Kier alpha value is -2.28. The van der Waals surface area contributed by atoms with E-state index in [0.717, 1.165) is 30.8 Å². The summed E-state index contributed by atoms with van der Waals surface area (Å²) in [4.78, 5) is 6.72. The lowest BCUT2D eigenvalue weighted by Crippen LogP contribution is -2.23. The number of methoxy groups -OCH3 is 1. The molecule has 0 aliphatic carbocycles. The maximum Gasteiger partial charge on any atom is 0.231 e. The zero-order chi connectivity index (χ0) is 17.8. The van der Waals surface area contributed by atoms with Gasteiger partial charge in [0.05, 0.1) is 13.7 Å². The fourth-order valence-corrected chi connectivity index (χ4v) is 2.80. The molecule has 0 spiro atoms. The summed E-state index contributed by atoms with van der Waals surface area (Å²) in [6.45, 7) is 8.84. The molecule has 7 nitrogen and oxygen atoms in total. The molecule has 0 amide bonds. The summed E-state index contributed by atoms with van der Waals surface area (Å²) in [5.41, 5.74) is 1.09. The molecule has 0 N–H and O–H groups in total. The first-order chi connectivity index (χ1) is 12.1. The van der Waals surface area contributed by atoms with Gasteiger partial charge in [-0.25, -0.2) is 0 Å². The molecule has 25 heavy (non-hydrogen) atoms. The van der Waals surface area contributed by atoms with Gasteiger partial charge in [-0.1, -0.05) is 25.9 Å². The van der Waals surface area contributed by atoms with E-state index in [4.69, 9.17) is 18.7 Å². The topological polar surface area (TPSA) is 69.9 Å². The van der Waals surface area contributed by atoms with Crippen LogP contribution < -0.4 is 14.2 Å². The van der Waals surface area contributed by atoms with Gasteiger partial charge in [0, 0.05) is 13.0 Å². The van der Waals surface area contributed by atoms with E-state index in [1.54, 1.807) is 7.11 Å². The van der Waals surface area contributed by atoms with Crippen LogP contribution in [0.1, 0.15) is 38.0 Å². The fourth-order valence-electron chi connectivity index (χ4n) is 2.80.